The van der Waals surface area contributed by atoms with E-state index in [1.807, 2.05) is 19.9 Å². The van der Waals surface area contributed by atoms with Crippen LogP contribution in [-0.2, 0) is 16.1 Å². The lowest BCUT2D eigenvalue weighted by Crippen LogP contribution is -2.33. The number of nitrogens with zero attached hydrogens (tertiary/aromatic N) is 2. The molecule has 1 atom stereocenters. The number of hydrogen-bond acceptors (Lipinski definition) is 4. The number of aryl methyl sites for hydroxylation is 1. The standard InChI is InChI=1S/C20H24ClN3O3/c1-12(2)11-24-18(21)16(13(3)23-24)20(26)27-17(14-7-5-4-6-8-14)19(25)22-15-9-10-15/h4-8,12,15,17H,9-11H2,1-3H3,(H,22,25)/t17-/m0/s1. The molecule has 0 aliphatic heterocycles. The quantitative estimate of drug-likeness (QED) is 0.733. The Bertz CT molecular complexity index is 828. The number of rotatable bonds is 7. The summed E-state index contributed by atoms with van der Waals surface area (Å²) < 4.78 is 7.20. The molecule has 1 aliphatic carbocycles. The molecule has 1 aromatic heterocycles. The minimum Gasteiger partial charge on any atom is -0.444 e. The van der Waals surface area contributed by atoms with Crippen molar-refractivity contribution < 1.29 is 14.3 Å². The summed E-state index contributed by atoms with van der Waals surface area (Å²) in [5.74, 6) is -0.639. The number of hydrogen-bond donors (Lipinski definition) is 1. The van der Waals surface area contributed by atoms with Gasteiger partial charge in [0, 0.05) is 18.2 Å². The van der Waals surface area contributed by atoms with Crippen molar-refractivity contribution in [2.24, 2.45) is 5.92 Å². The highest BCUT2D eigenvalue weighted by Gasteiger charge is 2.32. The first-order valence-electron chi connectivity index (χ1n) is 9.16. The number of halogens is 1. The van der Waals surface area contributed by atoms with Crippen LogP contribution in [0, 0.1) is 12.8 Å². The maximum absolute atomic E-state index is 12.8. The van der Waals surface area contributed by atoms with Crippen molar-refractivity contribution in [3.05, 3.63) is 52.3 Å². The molecule has 1 fully saturated rings. The molecule has 144 valence electrons. The minimum absolute atomic E-state index is 0.168. The third kappa shape index (κ3) is 4.69. The molecule has 6 nitrogen and oxygen atoms in total. The van der Waals surface area contributed by atoms with Crippen molar-refractivity contribution in [1.29, 1.82) is 0 Å². The molecule has 1 heterocycles. The molecule has 2 aromatic rings. The van der Waals surface area contributed by atoms with Crippen molar-refractivity contribution in [2.45, 2.75) is 52.3 Å². The second-order valence-electron chi connectivity index (χ2n) is 7.31. The van der Waals surface area contributed by atoms with Crippen LogP contribution in [0.1, 0.15) is 54.4 Å². The van der Waals surface area contributed by atoms with E-state index < -0.39 is 12.1 Å². The average Bonchev–Trinajstić information content (AvgIpc) is 3.38. The van der Waals surface area contributed by atoms with Crippen molar-refractivity contribution in [2.75, 3.05) is 0 Å². The van der Waals surface area contributed by atoms with Crippen LogP contribution in [0.2, 0.25) is 5.15 Å². The van der Waals surface area contributed by atoms with Crippen LogP contribution >= 0.6 is 11.6 Å². The molecule has 1 saturated carbocycles. The Labute approximate surface area is 163 Å². The summed E-state index contributed by atoms with van der Waals surface area (Å²) in [5, 5.41) is 7.47. The zero-order valence-electron chi connectivity index (χ0n) is 15.7. The van der Waals surface area contributed by atoms with Gasteiger partial charge in [0.2, 0.25) is 6.10 Å². The lowest BCUT2D eigenvalue weighted by atomic mass is 10.1. The van der Waals surface area contributed by atoms with Crippen LogP contribution < -0.4 is 5.32 Å². The third-order valence-electron chi connectivity index (χ3n) is 4.30. The Morgan fingerprint density at radius 1 is 1.30 bits per heavy atom. The first kappa shape index (κ1) is 19.4. The van der Waals surface area contributed by atoms with Gasteiger partial charge in [-0.15, -0.1) is 0 Å². The fraction of sp³-hybridized carbons (Fsp3) is 0.450. The van der Waals surface area contributed by atoms with Crippen molar-refractivity contribution >= 4 is 23.5 Å². The molecule has 1 aliphatic rings. The minimum atomic E-state index is -1.02. The highest BCUT2D eigenvalue weighted by Crippen LogP contribution is 2.27. The monoisotopic (exact) mass is 389 g/mol. The van der Waals surface area contributed by atoms with Gasteiger partial charge in [-0.1, -0.05) is 55.8 Å². The number of aromatic nitrogens is 2. The van der Waals surface area contributed by atoms with E-state index in [4.69, 9.17) is 16.3 Å². The Morgan fingerprint density at radius 2 is 1.96 bits per heavy atom. The van der Waals surface area contributed by atoms with Crippen LogP contribution in [0.15, 0.2) is 30.3 Å². The van der Waals surface area contributed by atoms with E-state index in [-0.39, 0.29) is 22.7 Å². The Morgan fingerprint density at radius 3 is 2.56 bits per heavy atom. The predicted molar refractivity (Wildman–Crippen MR) is 103 cm³/mol. The molecule has 0 spiro atoms. The maximum atomic E-state index is 12.8. The van der Waals surface area contributed by atoms with Crippen molar-refractivity contribution in [3.8, 4) is 0 Å². The van der Waals surface area contributed by atoms with Crippen LogP contribution in [0.5, 0.6) is 0 Å². The second-order valence-corrected chi connectivity index (χ2v) is 7.66. The van der Waals surface area contributed by atoms with Gasteiger partial charge >= 0.3 is 5.97 Å². The van der Waals surface area contributed by atoms with Crippen molar-refractivity contribution in [3.63, 3.8) is 0 Å². The van der Waals surface area contributed by atoms with E-state index >= 15 is 0 Å². The fourth-order valence-electron chi connectivity index (χ4n) is 2.82. The zero-order chi connectivity index (χ0) is 19.6. The highest BCUT2D eigenvalue weighted by atomic mass is 35.5. The highest BCUT2D eigenvalue weighted by molar-refractivity contribution is 6.32. The summed E-state index contributed by atoms with van der Waals surface area (Å²) in [7, 11) is 0. The Balaban J connectivity index is 1.84. The van der Waals surface area contributed by atoms with Gasteiger partial charge in [-0.05, 0) is 25.7 Å². The Hall–Kier alpha value is -2.34. The number of carbonyl (C=O) groups is 2. The first-order valence-corrected chi connectivity index (χ1v) is 9.53. The van der Waals surface area contributed by atoms with E-state index in [0.717, 1.165) is 12.8 Å². The zero-order valence-corrected chi connectivity index (χ0v) is 16.5. The molecular formula is C20H24ClN3O3. The number of carbonyl (C=O) groups excluding carboxylic acids is 2. The van der Waals surface area contributed by atoms with Crippen LogP contribution in [-0.4, -0.2) is 27.7 Å². The van der Waals surface area contributed by atoms with Gasteiger partial charge in [0.25, 0.3) is 5.91 Å². The number of benzene rings is 1. The number of nitrogens with one attached hydrogen (secondary N) is 1. The summed E-state index contributed by atoms with van der Waals surface area (Å²) in [6.45, 7) is 6.39. The lowest BCUT2D eigenvalue weighted by molar-refractivity contribution is -0.130. The summed E-state index contributed by atoms with van der Waals surface area (Å²) in [6.07, 6.45) is 0.880. The molecule has 1 aromatic carbocycles. The van der Waals surface area contributed by atoms with Gasteiger partial charge in [0.15, 0.2) is 0 Å². The van der Waals surface area contributed by atoms with E-state index in [2.05, 4.69) is 10.4 Å². The number of ether oxygens (including phenoxy) is 1. The third-order valence-corrected chi connectivity index (χ3v) is 4.68. The van der Waals surface area contributed by atoms with Gasteiger partial charge in [0.05, 0.1) is 5.69 Å². The molecule has 27 heavy (non-hydrogen) atoms. The molecule has 1 amide bonds. The van der Waals surface area contributed by atoms with Gasteiger partial charge in [-0.2, -0.15) is 5.10 Å². The van der Waals surface area contributed by atoms with Gasteiger partial charge < -0.3 is 10.1 Å². The van der Waals surface area contributed by atoms with E-state index in [1.165, 1.54) is 0 Å². The largest absolute Gasteiger partial charge is 0.444 e. The number of esters is 1. The molecule has 1 N–H and O–H groups in total. The van der Waals surface area contributed by atoms with E-state index in [0.29, 0.717) is 23.7 Å². The molecule has 0 unspecified atom stereocenters. The molecule has 0 saturated heterocycles. The average molecular weight is 390 g/mol. The predicted octanol–water partition coefficient (Wildman–Crippen LogP) is 3.68. The van der Waals surface area contributed by atoms with Crippen LogP contribution in [0.25, 0.3) is 0 Å². The molecule has 0 radical (unpaired) electrons. The molecule has 0 bridgehead atoms. The van der Waals surface area contributed by atoms with Crippen LogP contribution in [0.3, 0.4) is 0 Å². The van der Waals surface area contributed by atoms with Gasteiger partial charge in [-0.3, -0.25) is 9.48 Å². The fourth-order valence-corrected chi connectivity index (χ4v) is 3.14. The lowest BCUT2D eigenvalue weighted by Gasteiger charge is -2.18. The topological polar surface area (TPSA) is 73.2 Å². The summed E-state index contributed by atoms with van der Waals surface area (Å²) >= 11 is 6.37. The summed E-state index contributed by atoms with van der Waals surface area (Å²) in [4.78, 5) is 25.5. The smallest absolute Gasteiger partial charge is 0.344 e. The van der Waals surface area contributed by atoms with Crippen LogP contribution in [0.4, 0.5) is 0 Å². The second kappa shape index (κ2) is 8.13. The molecule has 3 rings (SSSR count). The first-order chi connectivity index (χ1) is 12.9. The van der Waals surface area contributed by atoms with Gasteiger partial charge in [-0.25, -0.2) is 4.79 Å². The summed E-state index contributed by atoms with van der Waals surface area (Å²) in [5.41, 5.74) is 1.31. The van der Waals surface area contributed by atoms with Gasteiger partial charge in [0.1, 0.15) is 10.7 Å². The SMILES string of the molecule is Cc1nn(CC(C)C)c(Cl)c1C(=O)O[C@H](C(=O)NC1CC1)c1ccccc1. The summed E-state index contributed by atoms with van der Waals surface area (Å²) in [6, 6.07) is 9.15. The van der Waals surface area contributed by atoms with E-state index in [1.54, 1.807) is 35.9 Å². The molecular weight excluding hydrogens is 366 g/mol. The Kier molecular flexibility index (Phi) is 5.85. The maximum Gasteiger partial charge on any atom is 0.344 e. The number of amides is 1. The molecule has 7 heteroatoms. The normalized spacial score (nSPS) is 14.9. The van der Waals surface area contributed by atoms with E-state index in [9.17, 15) is 9.59 Å². The van der Waals surface area contributed by atoms with Crippen molar-refractivity contribution in [1.82, 2.24) is 15.1 Å².